The molecule has 0 radical (unpaired) electrons. The number of hydrogen-bond donors (Lipinski definition) is 2. The van der Waals surface area contributed by atoms with E-state index < -0.39 is 5.60 Å². The average molecular weight is 462 g/mol. The minimum absolute atomic E-state index is 0.310. The summed E-state index contributed by atoms with van der Waals surface area (Å²) in [5, 5.41) is 18.5. The first kappa shape index (κ1) is 21.6. The fraction of sp³-hybridized carbons (Fsp3) is 0.500. The summed E-state index contributed by atoms with van der Waals surface area (Å²) in [5.74, 6) is 2.71. The molecule has 8 heteroatoms. The van der Waals surface area contributed by atoms with Gasteiger partial charge in [-0.1, -0.05) is 0 Å². The van der Waals surface area contributed by atoms with Gasteiger partial charge in [0, 0.05) is 36.1 Å². The normalized spacial score (nSPS) is 24.3. The summed E-state index contributed by atoms with van der Waals surface area (Å²) in [6.45, 7) is 3.43. The minimum atomic E-state index is -1.02. The minimum Gasteiger partial charge on any atom is -0.439 e. The lowest BCUT2D eigenvalue weighted by molar-refractivity contribution is -0.0191. The number of hydrogen-bond acceptors (Lipinski definition) is 7. The van der Waals surface area contributed by atoms with Gasteiger partial charge in [0.05, 0.1) is 29.6 Å². The summed E-state index contributed by atoms with van der Waals surface area (Å²) < 4.78 is 14.6. The molecule has 0 spiro atoms. The summed E-state index contributed by atoms with van der Waals surface area (Å²) in [6, 6.07) is 9.84. The van der Waals surface area contributed by atoms with Gasteiger partial charge < -0.3 is 19.9 Å². The Morgan fingerprint density at radius 3 is 2.53 bits per heavy atom. The zero-order valence-corrected chi connectivity index (χ0v) is 19.6. The number of anilines is 2. The lowest BCUT2D eigenvalue weighted by Gasteiger charge is -2.29. The van der Waals surface area contributed by atoms with E-state index in [9.17, 15) is 5.11 Å². The van der Waals surface area contributed by atoms with Gasteiger partial charge in [-0.25, -0.2) is 9.67 Å². The van der Waals surface area contributed by atoms with E-state index in [1.165, 1.54) is 12.8 Å². The van der Waals surface area contributed by atoms with Crippen molar-refractivity contribution < 1.29 is 14.6 Å². The van der Waals surface area contributed by atoms with Crippen molar-refractivity contribution in [3.63, 3.8) is 0 Å². The van der Waals surface area contributed by atoms with Crippen molar-refractivity contribution in [1.82, 2.24) is 19.7 Å². The van der Waals surface area contributed by atoms with Crippen molar-refractivity contribution in [3.8, 4) is 11.6 Å². The molecular weight excluding hydrogens is 430 g/mol. The van der Waals surface area contributed by atoms with Crippen LogP contribution in [0.1, 0.15) is 75.7 Å². The number of aromatic nitrogens is 4. The standard InChI is InChI=1S/C26H31N5O3/c1-26(2,32)23-11-17(7-9-27-23)29-24-14-21(8-10-28-24)34-25-15-22(16-3-4-16)30-31(25)18-12-19-5-6-20(13-18)33-19/h7-11,14-16,18-20,32H,3-6,12-13H2,1-2H3,(H,27,28,29)/t18?,19-,20?/m0/s1. The number of fused-ring (bicyclic) bond motifs is 2. The van der Waals surface area contributed by atoms with Crippen LogP contribution in [0.3, 0.4) is 0 Å². The van der Waals surface area contributed by atoms with E-state index in [4.69, 9.17) is 14.6 Å². The third-order valence-electron chi connectivity index (χ3n) is 6.94. The van der Waals surface area contributed by atoms with E-state index >= 15 is 0 Å². The van der Waals surface area contributed by atoms with Crippen molar-refractivity contribution in [2.75, 3.05) is 5.32 Å². The Labute approximate surface area is 199 Å². The predicted molar refractivity (Wildman–Crippen MR) is 127 cm³/mol. The zero-order chi connectivity index (χ0) is 23.3. The van der Waals surface area contributed by atoms with Gasteiger partial charge in [0.15, 0.2) is 0 Å². The molecule has 8 nitrogen and oxygen atoms in total. The molecule has 2 unspecified atom stereocenters. The van der Waals surface area contributed by atoms with E-state index in [0.717, 1.165) is 42.9 Å². The SMILES string of the molecule is CC(C)(O)c1cc(Nc2cc(Oc3cc(C4CC4)nn3C3CC4CC[C@@H](C3)O4)ccn2)ccn1. The second-order valence-electron chi connectivity index (χ2n) is 10.3. The van der Waals surface area contributed by atoms with Crippen LogP contribution < -0.4 is 10.1 Å². The molecule has 0 aromatic carbocycles. The molecule has 1 saturated carbocycles. The summed E-state index contributed by atoms with van der Waals surface area (Å²) in [5.41, 5.74) is 1.51. The van der Waals surface area contributed by atoms with Gasteiger partial charge in [0.1, 0.15) is 17.2 Å². The van der Waals surface area contributed by atoms with Gasteiger partial charge in [-0.3, -0.25) is 4.98 Å². The molecule has 2 N–H and O–H groups in total. The molecular formula is C26H31N5O3. The number of ether oxygens (including phenoxy) is 2. The molecule has 0 amide bonds. The molecule has 6 rings (SSSR count). The van der Waals surface area contributed by atoms with Gasteiger partial charge in [-0.05, 0) is 70.6 Å². The third-order valence-corrected chi connectivity index (χ3v) is 6.94. The molecule has 34 heavy (non-hydrogen) atoms. The van der Waals surface area contributed by atoms with Crippen LogP contribution in [0.4, 0.5) is 11.5 Å². The van der Waals surface area contributed by atoms with Crippen LogP contribution >= 0.6 is 0 Å². The summed E-state index contributed by atoms with van der Waals surface area (Å²) in [7, 11) is 0. The van der Waals surface area contributed by atoms with Crippen molar-refractivity contribution in [2.24, 2.45) is 0 Å². The van der Waals surface area contributed by atoms with Crippen molar-refractivity contribution >= 4 is 11.5 Å². The van der Waals surface area contributed by atoms with E-state index in [-0.39, 0.29) is 0 Å². The highest BCUT2D eigenvalue weighted by Crippen LogP contribution is 2.44. The molecule has 178 valence electrons. The third kappa shape index (κ3) is 4.52. The van der Waals surface area contributed by atoms with Crippen LogP contribution in [0.2, 0.25) is 0 Å². The van der Waals surface area contributed by atoms with E-state index in [0.29, 0.717) is 41.4 Å². The van der Waals surface area contributed by atoms with E-state index in [1.807, 2.05) is 24.3 Å². The van der Waals surface area contributed by atoms with Gasteiger partial charge in [0.25, 0.3) is 0 Å². The van der Waals surface area contributed by atoms with Crippen LogP contribution in [-0.2, 0) is 10.3 Å². The first-order chi connectivity index (χ1) is 16.4. The number of aliphatic hydroxyl groups is 1. The number of nitrogens with one attached hydrogen (secondary N) is 1. The molecule has 5 heterocycles. The van der Waals surface area contributed by atoms with Gasteiger partial charge in [0.2, 0.25) is 5.88 Å². The lowest BCUT2D eigenvalue weighted by Crippen LogP contribution is -2.28. The number of rotatable bonds is 7. The Kier molecular flexibility index (Phi) is 5.30. The predicted octanol–water partition coefficient (Wildman–Crippen LogP) is 5.20. The largest absolute Gasteiger partial charge is 0.439 e. The first-order valence-electron chi connectivity index (χ1n) is 12.3. The van der Waals surface area contributed by atoms with Crippen LogP contribution in [-0.4, -0.2) is 37.1 Å². The van der Waals surface area contributed by atoms with Crippen molar-refractivity contribution in [1.29, 1.82) is 0 Å². The highest BCUT2D eigenvalue weighted by atomic mass is 16.5. The fourth-order valence-corrected chi connectivity index (χ4v) is 5.00. The topological polar surface area (TPSA) is 94.3 Å². The average Bonchev–Trinajstić information content (AvgIpc) is 3.49. The maximum Gasteiger partial charge on any atom is 0.218 e. The smallest absolute Gasteiger partial charge is 0.218 e. The monoisotopic (exact) mass is 461 g/mol. The second kappa shape index (κ2) is 8.36. The molecule has 3 aliphatic rings. The maximum absolute atomic E-state index is 10.3. The molecule has 3 fully saturated rings. The van der Waals surface area contributed by atoms with Crippen molar-refractivity contribution in [2.45, 2.75) is 82.1 Å². The fourth-order valence-electron chi connectivity index (χ4n) is 5.00. The van der Waals surface area contributed by atoms with Crippen molar-refractivity contribution in [3.05, 3.63) is 54.1 Å². The van der Waals surface area contributed by atoms with Gasteiger partial charge in [-0.15, -0.1) is 0 Å². The maximum atomic E-state index is 10.3. The van der Waals surface area contributed by atoms with E-state index in [2.05, 4.69) is 26.0 Å². The quantitative estimate of drug-likeness (QED) is 0.500. The van der Waals surface area contributed by atoms with Crippen LogP contribution in [0, 0.1) is 0 Å². The first-order valence-corrected chi connectivity index (χ1v) is 12.3. The molecule has 2 saturated heterocycles. The van der Waals surface area contributed by atoms with Gasteiger partial charge >= 0.3 is 0 Å². The lowest BCUT2D eigenvalue weighted by atomic mass is 10.0. The highest BCUT2D eigenvalue weighted by Gasteiger charge is 2.38. The summed E-state index contributed by atoms with van der Waals surface area (Å²) in [4.78, 5) is 8.70. The summed E-state index contributed by atoms with van der Waals surface area (Å²) >= 11 is 0. The Bertz CT molecular complexity index is 1170. The zero-order valence-electron chi connectivity index (χ0n) is 19.6. The molecule has 3 atom stereocenters. The number of pyridine rings is 2. The number of nitrogens with zero attached hydrogens (tertiary/aromatic N) is 4. The molecule has 2 aliphatic heterocycles. The molecule has 2 bridgehead atoms. The van der Waals surface area contributed by atoms with Gasteiger partial charge in [-0.2, -0.15) is 5.10 Å². The Hall–Kier alpha value is -2.97. The Balaban J connectivity index is 1.23. The highest BCUT2D eigenvalue weighted by molar-refractivity contribution is 5.57. The van der Waals surface area contributed by atoms with Crippen LogP contribution in [0.25, 0.3) is 0 Å². The Morgan fingerprint density at radius 2 is 1.79 bits per heavy atom. The summed E-state index contributed by atoms with van der Waals surface area (Å²) in [6.07, 6.45) is 10.8. The van der Waals surface area contributed by atoms with Crippen LogP contribution in [0.5, 0.6) is 11.6 Å². The second-order valence-corrected chi connectivity index (χ2v) is 10.3. The van der Waals surface area contributed by atoms with Crippen LogP contribution in [0.15, 0.2) is 42.7 Å². The molecule has 1 aliphatic carbocycles. The van der Waals surface area contributed by atoms with E-state index in [1.54, 1.807) is 26.2 Å². The molecule has 3 aromatic rings. The Morgan fingerprint density at radius 1 is 1.03 bits per heavy atom. The molecule has 3 aromatic heterocycles.